The van der Waals surface area contributed by atoms with Gasteiger partial charge in [0.2, 0.25) is 0 Å². The predicted molar refractivity (Wildman–Crippen MR) is 81.9 cm³/mol. The Labute approximate surface area is 127 Å². The van der Waals surface area contributed by atoms with E-state index in [1.165, 1.54) is 4.90 Å². The maximum absolute atomic E-state index is 12.2. The van der Waals surface area contributed by atoms with E-state index in [1.807, 2.05) is 0 Å². The van der Waals surface area contributed by atoms with Crippen LogP contribution in [0.1, 0.15) is 47.4 Å². The number of nitrogens with one attached hydrogen (secondary N) is 1. The first kappa shape index (κ1) is 15.2. The van der Waals surface area contributed by atoms with Gasteiger partial charge in [0.1, 0.15) is 0 Å². The number of halogens is 1. The van der Waals surface area contributed by atoms with E-state index in [2.05, 4.69) is 35.1 Å². The highest BCUT2D eigenvalue weighted by Gasteiger charge is 2.35. The van der Waals surface area contributed by atoms with E-state index in [-0.39, 0.29) is 11.8 Å². The Kier molecular flexibility index (Phi) is 4.94. The number of benzene rings is 1. The molecule has 0 aliphatic carbocycles. The molecule has 0 saturated carbocycles. The Morgan fingerprint density at radius 2 is 1.80 bits per heavy atom. The average Bonchev–Trinajstić information content (AvgIpc) is 2.68. The van der Waals surface area contributed by atoms with Crippen LogP contribution in [0.15, 0.2) is 22.7 Å². The molecule has 1 aromatic rings. The van der Waals surface area contributed by atoms with E-state index in [0.717, 1.165) is 17.3 Å². The third-order valence-corrected chi connectivity index (χ3v) is 4.18. The molecule has 1 aliphatic rings. The van der Waals surface area contributed by atoms with Gasteiger partial charge in [0.15, 0.2) is 0 Å². The highest BCUT2D eigenvalue weighted by Crippen LogP contribution is 2.25. The summed E-state index contributed by atoms with van der Waals surface area (Å²) in [7, 11) is 0. The van der Waals surface area contributed by atoms with Crippen molar-refractivity contribution in [3.8, 4) is 0 Å². The van der Waals surface area contributed by atoms with E-state index < -0.39 is 0 Å². The molecule has 1 aromatic carbocycles. The van der Waals surface area contributed by atoms with Crippen molar-refractivity contribution in [3.63, 3.8) is 0 Å². The zero-order valence-electron chi connectivity index (χ0n) is 11.8. The van der Waals surface area contributed by atoms with Crippen molar-refractivity contribution in [1.82, 2.24) is 10.2 Å². The van der Waals surface area contributed by atoms with E-state index in [4.69, 9.17) is 0 Å². The molecule has 2 amide bonds. The fourth-order valence-electron chi connectivity index (χ4n) is 2.42. The van der Waals surface area contributed by atoms with Crippen molar-refractivity contribution in [2.75, 3.05) is 13.1 Å². The van der Waals surface area contributed by atoms with Crippen LogP contribution >= 0.6 is 15.9 Å². The summed E-state index contributed by atoms with van der Waals surface area (Å²) in [5, 5.41) is 3.37. The minimum Gasteiger partial charge on any atom is -0.312 e. The SMILES string of the molecule is CCC(CC)NCCN1C(=O)c2ccc(Br)cc2C1=O. The van der Waals surface area contributed by atoms with Gasteiger partial charge in [-0.3, -0.25) is 14.5 Å². The summed E-state index contributed by atoms with van der Waals surface area (Å²) in [6.45, 7) is 5.31. The van der Waals surface area contributed by atoms with Crippen molar-refractivity contribution >= 4 is 27.7 Å². The molecule has 0 saturated heterocycles. The molecule has 2 rings (SSSR count). The molecule has 0 bridgehead atoms. The van der Waals surface area contributed by atoms with E-state index in [1.54, 1.807) is 18.2 Å². The lowest BCUT2D eigenvalue weighted by Crippen LogP contribution is -2.39. The zero-order chi connectivity index (χ0) is 14.7. The molecule has 0 fully saturated rings. The van der Waals surface area contributed by atoms with Crippen LogP contribution < -0.4 is 5.32 Å². The molecule has 0 atom stereocenters. The maximum atomic E-state index is 12.2. The molecular formula is C15H19BrN2O2. The molecule has 108 valence electrons. The highest BCUT2D eigenvalue weighted by molar-refractivity contribution is 9.10. The van der Waals surface area contributed by atoms with Crippen LogP contribution in [0.5, 0.6) is 0 Å². The van der Waals surface area contributed by atoms with Crippen LogP contribution in [0.2, 0.25) is 0 Å². The van der Waals surface area contributed by atoms with Crippen LogP contribution in [0.3, 0.4) is 0 Å². The highest BCUT2D eigenvalue weighted by atomic mass is 79.9. The molecule has 1 aliphatic heterocycles. The standard InChI is InChI=1S/C15H19BrN2O2/c1-3-11(4-2)17-7-8-18-14(19)12-6-5-10(16)9-13(12)15(18)20/h5-6,9,11,17H,3-4,7-8H2,1-2H3. The van der Waals surface area contributed by atoms with Gasteiger partial charge < -0.3 is 5.32 Å². The molecule has 0 aromatic heterocycles. The topological polar surface area (TPSA) is 49.4 Å². The molecular weight excluding hydrogens is 320 g/mol. The van der Waals surface area contributed by atoms with Gasteiger partial charge in [0.05, 0.1) is 11.1 Å². The normalized spacial score (nSPS) is 14.3. The molecule has 0 radical (unpaired) electrons. The third kappa shape index (κ3) is 2.94. The van der Waals surface area contributed by atoms with Gasteiger partial charge in [-0.15, -0.1) is 0 Å². The number of imide groups is 1. The van der Waals surface area contributed by atoms with Gasteiger partial charge >= 0.3 is 0 Å². The fraction of sp³-hybridized carbons (Fsp3) is 0.467. The molecule has 0 spiro atoms. The van der Waals surface area contributed by atoms with E-state index >= 15 is 0 Å². The molecule has 1 N–H and O–H groups in total. The Morgan fingerprint density at radius 3 is 2.45 bits per heavy atom. The molecule has 1 heterocycles. The smallest absolute Gasteiger partial charge is 0.261 e. The van der Waals surface area contributed by atoms with Gasteiger partial charge in [-0.1, -0.05) is 29.8 Å². The minimum absolute atomic E-state index is 0.191. The summed E-state index contributed by atoms with van der Waals surface area (Å²) in [5.41, 5.74) is 0.993. The Hall–Kier alpha value is -1.20. The number of hydrogen-bond donors (Lipinski definition) is 1. The van der Waals surface area contributed by atoms with Crippen LogP contribution in [-0.2, 0) is 0 Å². The van der Waals surface area contributed by atoms with Crippen molar-refractivity contribution in [2.24, 2.45) is 0 Å². The van der Waals surface area contributed by atoms with Crippen LogP contribution in [0.25, 0.3) is 0 Å². The predicted octanol–water partition coefficient (Wildman–Crippen LogP) is 2.82. The first-order valence-corrected chi connectivity index (χ1v) is 7.76. The van der Waals surface area contributed by atoms with Gasteiger partial charge in [-0.2, -0.15) is 0 Å². The Bertz CT molecular complexity index is 527. The van der Waals surface area contributed by atoms with Crippen molar-refractivity contribution < 1.29 is 9.59 Å². The first-order valence-electron chi connectivity index (χ1n) is 6.97. The molecule has 5 heteroatoms. The summed E-state index contributed by atoms with van der Waals surface area (Å²) >= 11 is 3.33. The number of carbonyl (C=O) groups is 2. The fourth-order valence-corrected chi connectivity index (χ4v) is 2.78. The molecule has 4 nitrogen and oxygen atoms in total. The number of amides is 2. The maximum Gasteiger partial charge on any atom is 0.261 e. The second-order valence-electron chi connectivity index (χ2n) is 4.92. The summed E-state index contributed by atoms with van der Waals surface area (Å²) in [6.07, 6.45) is 2.09. The minimum atomic E-state index is -0.197. The third-order valence-electron chi connectivity index (χ3n) is 3.69. The lowest BCUT2D eigenvalue weighted by atomic mass is 10.1. The monoisotopic (exact) mass is 338 g/mol. The summed E-state index contributed by atoms with van der Waals surface area (Å²) in [6, 6.07) is 5.65. The van der Waals surface area contributed by atoms with Crippen molar-refractivity contribution in [3.05, 3.63) is 33.8 Å². The van der Waals surface area contributed by atoms with Crippen molar-refractivity contribution in [2.45, 2.75) is 32.7 Å². The number of rotatable bonds is 6. The largest absolute Gasteiger partial charge is 0.312 e. The number of hydrogen-bond acceptors (Lipinski definition) is 3. The van der Waals surface area contributed by atoms with Crippen LogP contribution in [0, 0.1) is 0 Å². The van der Waals surface area contributed by atoms with Crippen LogP contribution in [0.4, 0.5) is 0 Å². The Morgan fingerprint density at radius 1 is 1.15 bits per heavy atom. The Balaban J connectivity index is 2.02. The summed E-state index contributed by atoms with van der Waals surface area (Å²) in [4.78, 5) is 25.8. The first-order chi connectivity index (χ1) is 9.58. The van der Waals surface area contributed by atoms with Gasteiger partial charge in [-0.25, -0.2) is 0 Å². The average molecular weight is 339 g/mol. The second kappa shape index (κ2) is 6.50. The molecule has 0 unspecified atom stereocenters. The summed E-state index contributed by atoms with van der Waals surface area (Å²) < 4.78 is 0.814. The summed E-state index contributed by atoms with van der Waals surface area (Å²) in [5.74, 6) is -0.388. The van der Waals surface area contributed by atoms with E-state index in [9.17, 15) is 9.59 Å². The van der Waals surface area contributed by atoms with Gasteiger partial charge in [-0.05, 0) is 31.0 Å². The van der Waals surface area contributed by atoms with Crippen LogP contribution in [-0.4, -0.2) is 35.8 Å². The van der Waals surface area contributed by atoms with Crippen molar-refractivity contribution in [1.29, 1.82) is 0 Å². The zero-order valence-corrected chi connectivity index (χ0v) is 13.4. The number of carbonyl (C=O) groups excluding carboxylic acids is 2. The number of fused-ring (bicyclic) bond motifs is 1. The second-order valence-corrected chi connectivity index (χ2v) is 5.84. The quantitative estimate of drug-likeness (QED) is 0.811. The van der Waals surface area contributed by atoms with Gasteiger partial charge in [0, 0.05) is 23.6 Å². The molecule has 20 heavy (non-hydrogen) atoms. The lowest BCUT2D eigenvalue weighted by Gasteiger charge is -2.18. The van der Waals surface area contributed by atoms with Gasteiger partial charge in [0.25, 0.3) is 11.8 Å². The number of nitrogens with zero attached hydrogens (tertiary/aromatic N) is 1. The van der Waals surface area contributed by atoms with E-state index in [0.29, 0.717) is 30.3 Å². The lowest BCUT2D eigenvalue weighted by molar-refractivity contribution is 0.0654.